The van der Waals surface area contributed by atoms with Gasteiger partial charge >= 0.3 is 6.18 Å². The van der Waals surface area contributed by atoms with E-state index in [1.54, 1.807) is 0 Å². The molecule has 0 aromatic carbocycles. The van der Waals surface area contributed by atoms with E-state index in [-0.39, 0.29) is 6.20 Å². The van der Waals surface area contributed by atoms with Gasteiger partial charge in [-0.2, -0.15) is 18.4 Å². The second-order valence-electron chi connectivity index (χ2n) is 2.66. The summed E-state index contributed by atoms with van der Waals surface area (Å²) in [6, 6.07) is 1.04. The van der Waals surface area contributed by atoms with E-state index >= 15 is 0 Å². The van der Waals surface area contributed by atoms with Crippen LogP contribution in [0.1, 0.15) is 23.2 Å². The molecule has 0 fully saturated rings. The third-order valence-corrected chi connectivity index (χ3v) is 1.67. The lowest BCUT2D eigenvalue weighted by molar-refractivity contribution is -0.142. The summed E-state index contributed by atoms with van der Waals surface area (Å²) in [6.07, 6.45) is -8.68. The summed E-state index contributed by atoms with van der Waals surface area (Å²) in [5, 5.41) is 8.23. The first-order valence-corrected chi connectivity index (χ1v) is 3.73. The molecule has 1 rings (SSSR count). The molecule has 0 aliphatic carbocycles. The third kappa shape index (κ3) is 2.08. The maximum Gasteiger partial charge on any atom is 0.419 e. The number of rotatable bonds is 1. The molecule has 0 amide bonds. The van der Waals surface area contributed by atoms with Gasteiger partial charge in [-0.15, -0.1) is 0 Å². The monoisotopic (exact) mass is 240 g/mol. The van der Waals surface area contributed by atoms with Crippen molar-refractivity contribution >= 4 is 0 Å². The number of hydrogen-bond acceptors (Lipinski definition) is 2. The van der Waals surface area contributed by atoms with Crippen LogP contribution in [-0.4, -0.2) is 4.98 Å². The van der Waals surface area contributed by atoms with Crippen LogP contribution in [0, 0.1) is 17.1 Å². The fraction of sp³-hybridized carbons (Fsp3) is 0.250. The summed E-state index contributed by atoms with van der Waals surface area (Å²) in [4.78, 5) is 2.88. The zero-order valence-electron chi connectivity index (χ0n) is 7.32. The van der Waals surface area contributed by atoms with Crippen molar-refractivity contribution in [2.24, 2.45) is 0 Å². The van der Waals surface area contributed by atoms with Gasteiger partial charge < -0.3 is 0 Å². The minimum Gasteiger partial charge on any atom is -0.242 e. The fourth-order valence-corrected chi connectivity index (χ4v) is 1.03. The van der Waals surface area contributed by atoms with E-state index in [9.17, 15) is 26.3 Å². The van der Waals surface area contributed by atoms with Gasteiger partial charge in [0.25, 0.3) is 6.43 Å². The molecular formula is C8H2F6N2. The number of halogens is 6. The second kappa shape index (κ2) is 4.00. The Kier molecular flexibility index (Phi) is 3.07. The van der Waals surface area contributed by atoms with Crippen LogP contribution < -0.4 is 0 Å². The Bertz CT molecular complexity index is 445. The van der Waals surface area contributed by atoms with E-state index in [1.165, 1.54) is 0 Å². The topological polar surface area (TPSA) is 36.7 Å². The number of nitrogens with zero attached hydrogens (tertiary/aromatic N) is 2. The number of aromatic nitrogens is 1. The molecule has 86 valence electrons. The molecule has 1 aromatic heterocycles. The van der Waals surface area contributed by atoms with Gasteiger partial charge in [-0.3, -0.25) is 0 Å². The van der Waals surface area contributed by atoms with Gasteiger partial charge in [-0.05, 0) is 0 Å². The van der Waals surface area contributed by atoms with Gasteiger partial charge in [0.05, 0.1) is 5.56 Å². The molecule has 0 saturated heterocycles. The van der Waals surface area contributed by atoms with E-state index < -0.39 is 35.2 Å². The summed E-state index contributed by atoms with van der Waals surface area (Å²) in [5.41, 5.74) is -4.89. The summed E-state index contributed by atoms with van der Waals surface area (Å²) >= 11 is 0. The molecule has 0 aliphatic rings. The van der Waals surface area contributed by atoms with E-state index in [0.717, 1.165) is 6.07 Å². The van der Waals surface area contributed by atoms with Crippen molar-refractivity contribution in [3.63, 3.8) is 0 Å². The maximum atomic E-state index is 13.1. The molecule has 1 aromatic rings. The summed E-state index contributed by atoms with van der Waals surface area (Å²) in [5.74, 6) is -2.08. The Morgan fingerprint density at radius 3 is 2.25 bits per heavy atom. The summed E-state index contributed by atoms with van der Waals surface area (Å²) in [7, 11) is 0. The van der Waals surface area contributed by atoms with E-state index in [0.29, 0.717) is 0 Å². The average Bonchev–Trinajstić information content (AvgIpc) is 2.14. The predicted molar refractivity (Wildman–Crippen MR) is 38.9 cm³/mol. The van der Waals surface area contributed by atoms with Gasteiger partial charge in [0, 0.05) is 6.20 Å². The summed E-state index contributed by atoms with van der Waals surface area (Å²) < 4.78 is 74.2. The van der Waals surface area contributed by atoms with Crippen LogP contribution in [0.25, 0.3) is 0 Å². The largest absolute Gasteiger partial charge is 0.419 e. The Morgan fingerprint density at radius 1 is 1.31 bits per heavy atom. The highest BCUT2D eigenvalue weighted by molar-refractivity contribution is 5.36. The van der Waals surface area contributed by atoms with Crippen molar-refractivity contribution in [3.8, 4) is 6.07 Å². The number of hydrogen-bond donors (Lipinski definition) is 0. The van der Waals surface area contributed by atoms with Crippen molar-refractivity contribution < 1.29 is 26.3 Å². The van der Waals surface area contributed by atoms with Crippen LogP contribution in [0.3, 0.4) is 0 Å². The number of nitriles is 1. The SMILES string of the molecule is N#Cc1ncc(C(F)F)c(C(F)(F)F)c1F. The molecule has 0 unspecified atom stereocenters. The molecule has 0 saturated carbocycles. The fourth-order valence-electron chi connectivity index (χ4n) is 1.03. The first-order valence-electron chi connectivity index (χ1n) is 3.73. The summed E-state index contributed by atoms with van der Waals surface area (Å²) in [6.45, 7) is 0. The van der Waals surface area contributed by atoms with Crippen molar-refractivity contribution in [1.29, 1.82) is 5.26 Å². The average molecular weight is 240 g/mol. The van der Waals surface area contributed by atoms with Crippen molar-refractivity contribution in [3.05, 3.63) is 28.8 Å². The first kappa shape index (κ1) is 12.3. The number of alkyl halides is 5. The number of pyridine rings is 1. The predicted octanol–water partition coefficient (Wildman–Crippen LogP) is 3.05. The molecule has 0 atom stereocenters. The molecule has 0 radical (unpaired) electrons. The van der Waals surface area contributed by atoms with Crippen LogP contribution in [0.5, 0.6) is 0 Å². The highest BCUT2D eigenvalue weighted by Crippen LogP contribution is 2.38. The lowest BCUT2D eigenvalue weighted by Gasteiger charge is -2.12. The smallest absolute Gasteiger partial charge is 0.242 e. The van der Waals surface area contributed by atoms with Crippen LogP contribution in [0.2, 0.25) is 0 Å². The molecule has 0 N–H and O–H groups in total. The Morgan fingerprint density at radius 2 is 1.88 bits per heavy atom. The minimum absolute atomic E-state index is 0.148. The Hall–Kier alpha value is -1.78. The van der Waals surface area contributed by atoms with Gasteiger partial charge in [0.1, 0.15) is 11.6 Å². The maximum absolute atomic E-state index is 13.1. The molecule has 16 heavy (non-hydrogen) atoms. The van der Waals surface area contributed by atoms with E-state index in [1.807, 2.05) is 0 Å². The standard InChI is InChI=1S/C8H2F6N2/c9-6-4(1-15)16-2-3(7(10)11)5(6)8(12,13)14/h2,7H. The zero-order valence-corrected chi connectivity index (χ0v) is 7.32. The van der Waals surface area contributed by atoms with Crippen molar-refractivity contribution in [1.82, 2.24) is 4.98 Å². The molecule has 0 aliphatic heterocycles. The molecule has 1 heterocycles. The van der Waals surface area contributed by atoms with E-state index in [2.05, 4.69) is 4.98 Å². The van der Waals surface area contributed by atoms with Crippen LogP contribution in [0.15, 0.2) is 6.20 Å². The molecule has 0 bridgehead atoms. The van der Waals surface area contributed by atoms with E-state index in [4.69, 9.17) is 5.26 Å². The van der Waals surface area contributed by atoms with Gasteiger partial charge in [-0.25, -0.2) is 18.2 Å². The Balaban J connectivity index is 3.58. The van der Waals surface area contributed by atoms with Gasteiger partial charge in [0.2, 0.25) is 0 Å². The van der Waals surface area contributed by atoms with Crippen LogP contribution >= 0.6 is 0 Å². The normalized spacial score (nSPS) is 11.6. The highest BCUT2D eigenvalue weighted by Gasteiger charge is 2.40. The lowest BCUT2D eigenvalue weighted by Crippen LogP contribution is -2.15. The molecule has 0 spiro atoms. The molecule has 8 heteroatoms. The first-order chi connectivity index (χ1) is 7.29. The highest BCUT2D eigenvalue weighted by atomic mass is 19.4. The van der Waals surface area contributed by atoms with Gasteiger partial charge in [-0.1, -0.05) is 0 Å². The Labute approximate surface area is 85.1 Å². The van der Waals surface area contributed by atoms with Crippen molar-refractivity contribution in [2.75, 3.05) is 0 Å². The lowest BCUT2D eigenvalue weighted by atomic mass is 10.1. The third-order valence-electron chi connectivity index (χ3n) is 1.67. The molecular weight excluding hydrogens is 238 g/mol. The minimum atomic E-state index is -5.30. The zero-order chi connectivity index (χ0) is 12.5. The van der Waals surface area contributed by atoms with Crippen molar-refractivity contribution in [2.45, 2.75) is 12.6 Å². The quantitative estimate of drug-likeness (QED) is 0.707. The van der Waals surface area contributed by atoms with Gasteiger partial charge in [0.15, 0.2) is 11.5 Å². The molecule has 2 nitrogen and oxygen atoms in total. The van der Waals surface area contributed by atoms with Crippen LogP contribution in [-0.2, 0) is 6.18 Å². The van der Waals surface area contributed by atoms with Crippen LogP contribution in [0.4, 0.5) is 26.3 Å². The second-order valence-corrected chi connectivity index (χ2v) is 2.66.